The molecule has 0 radical (unpaired) electrons. The number of nitrogens with one attached hydrogen (secondary N) is 2. The Morgan fingerprint density at radius 2 is 2.12 bits per heavy atom. The molecule has 1 atom stereocenters. The van der Waals surface area contributed by atoms with Crippen LogP contribution in [0.5, 0.6) is 0 Å². The standard InChI is InChI=1S/C16H24N4O5/c1-16(2,3)25-15(23)17-6-5-13(21)20-8-11-10(18-9-19-11)7-12(20)14(22)24-4/h9,12H,5-8H2,1-4H3,(H,17,23)(H,18,19). The zero-order valence-corrected chi connectivity index (χ0v) is 14.9. The molecule has 2 heterocycles. The normalized spacial score (nSPS) is 16.8. The number of carbonyl (C=O) groups is 3. The summed E-state index contributed by atoms with van der Waals surface area (Å²) >= 11 is 0. The molecule has 138 valence electrons. The van der Waals surface area contributed by atoms with Gasteiger partial charge in [-0.3, -0.25) is 4.79 Å². The molecule has 9 nitrogen and oxygen atoms in total. The van der Waals surface area contributed by atoms with Crippen molar-refractivity contribution in [1.29, 1.82) is 0 Å². The molecule has 25 heavy (non-hydrogen) atoms. The highest BCUT2D eigenvalue weighted by Gasteiger charge is 2.36. The van der Waals surface area contributed by atoms with Gasteiger partial charge in [0, 0.05) is 19.4 Å². The first kappa shape index (κ1) is 18.8. The van der Waals surface area contributed by atoms with E-state index in [9.17, 15) is 14.4 Å². The van der Waals surface area contributed by atoms with E-state index in [4.69, 9.17) is 9.47 Å². The first-order valence-electron chi connectivity index (χ1n) is 8.06. The second kappa shape index (κ2) is 7.54. The first-order valence-corrected chi connectivity index (χ1v) is 8.06. The van der Waals surface area contributed by atoms with E-state index in [1.165, 1.54) is 18.3 Å². The second-order valence-corrected chi connectivity index (χ2v) is 6.77. The van der Waals surface area contributed by atoms with E-state index in [1.54, 1.807) is 20.8 Å². The van der Waals surface area contributed by atoms with E-state index in [-0.39, 0.29) is 25.4 Å². The molecule has 2 N–H and O–H groups in total. The lowest BCUT2D eigenvalue weighted by Crippen LogP contribution is -2.49. The molecule has 1 aromatic heterocycles. The minimum absolute atomic E-state index is 0.0518. The van der Waals surface area contributed by atoms with Gasteiger partial charge in [-0.2, -0.15) is 0 Å². The number of ether oxygens (including phenoxy) is 2. The van der Waals surface area contributed by atoms with Crippen molar-refractivity contribution < 1.29 is 23.9 Å². The van der Waals surface area contributed by atoms with Crippen LogP contribution in [-0.2, 0) is 32.0 Å². The van der Waals surface area contributed by atoms with Crippen LogP contribution in [0.15, 0.2) is 6.33 Å². The lowest BCUT2D eigenvalue weighted by Gasteiger charge is -2.33. The molecule has 0 fully saturated rings. The zero-order valence-electron chi connectivity index (χ0n) is 14.9. The van der Waals surface area contributed by atoms with Crippen molar-refractivity contribution in [3.63, 3.8) is 0 Å². The molecule has 0 spiro atoms. The van der Waals surface area contributed by atoms with Gasteiger partial charge in [-0.1, -0.05) is 0 Å². The Labute approximate surface area is 146 Å². The number of amides is 2. The summed E-state index contributed by atoms with van der Waals surface area (Å²) in [4.78, 5) is 44.7. The van der Waals surface area contributed by atoms with E-state index in [0.717, 1.165) is 11.4 Å². The van der Waals surface area contributed by atoms with Crippen LogP contribution >= 0.6 is 0 Å². The number of fused-ring (bicyclic) bond motifs is 1. The number of imidazole rings is 1. The van der Waals surface area contributed by atoms with Crippen LogP contribution < -0.4 is 5.32 Å². The molecule has 9 heteroatoms. The lowest BCUT2D eigenvalue weighted by molar-refractivity contribution is -0.154. The molecule has 2 rings (SSSR count). The van der Waals surface area contributed by atoms with E-state index >= 15 is 0 Å². The van der Waals surface area contributed by atoms with Crippen LogP contribution in [0.25, 0.3) is 0 Å². The van der Waals surface area contributed by atoms with Gasteiger partial charge in [0.05, 0.1) is 31.4 Å². The Bertz CT molecular complexity index is 649. The van der Waals surface area contributed by atoms with E-state index in [0.29, 0.717) is 6.42 Å². The highest BCUT2D eigenvalue weighted by Crippen LogP contribution is 2.22. The molecule has 0 aliphatic carbocycles. The molecule has 0 saturated heterocycles. The Morgan fingerprint density at radius 3 is 2.76 bits per heavy atom. The fourth-order valence-corrected chi connectivity index (χ4v) is 2.57. The summed E-state index contributed by atoms with van der Waals surface area (Å²) in [5.41, 5.74) is 0.952. The van der Waals surface area contributed by atoms with Crippen LogP contribution in [0.3, 0.4) is 0 Å². The molecule has 1 aromatic rings. The average molecular weight is 352 g/mol. The molecular weight excluding hydrogens is 328 g/mol. The Balaban J connectivity index is 1.94. The van der Waals surface area contributed by atoms with Crippen molar-refractivity contribution in [2.75, 3.05) is 13.7 Å². The molecule has 0 aromatic carbocycles. The zero-order chi connectivity index (χ0) is 18.6. The largest absolute Gasteiger partial charge is 0.467 e. The van der Waals surface area contributed by atoms with Gasteiger partial charge in [0.25, 0.3) is 0 Å². The number of aromatic nitrogens is 2. The second-order valence-electron chi connectivity index (χ2n) is 6.77. The molecule has 1 aliphatic rings. The topological polar surface area (TPSA) is 114 Å². The summed E-state index contributed by atoms with van der Waals surface area (Å²) in [5.74, 6) is -0.742. The number of methoxy groups -OCH3 is 1. The maximum Gasteiger partial charge on any atom is 0.407 e. The molecular formula is C16H24N4O5. The van der Waals surface area contributed by atoms with Crippen molar-refractivity contribution in [3.8, 4) is 0 Å². The summed E-state index contributed by atoms with van der Waals surface area (Å²) in [7, 11) is 1.29. The molecule has 1 unspecified atom stereocenters. The third-order valence-electron chi connectivity index (χ3n) is 3.70. The number of carbonyl (C=O) groups excluding carboxylic acids is 3. The highest BCUT2D eigenvalue weighted by atomic mass is 16.6. The lowest BCUT2D eigenvalue weighted by atomic mass is 10.0. The molecule has 0 saturated carbocycles. The maximum atomic E-state index is 12.5. The number of nitrogens with zero attached hydrogens (tertiary/aromatic N) is 2. The SMILES string of the molecule is COC(=O)C1Cc2nc[nH]c2CN1C(=O)CCNC(=O)OC(C)(C)C. The number of hydrogen-bond donors (Lipinski definition) is 2. The van der Waals surface area contributed by atoms with Crippen molar-refractivity contribution in [2.45, 2.75) is 51.8 Å². The maximum absolute atomic E-state index is 12.5. The first-order chi connectivity index (χ1) is 11.7. The average Bonchev–Trinajstić information content (AvgIpc) is 2.98. The molecule has 2 amide bonds. The summed E-state index contributed by atoms with van der Waals surface area (Å²) in [6.45, 7) is 5.64. The van der Waals surface area contributed by atoms with Gasteiger partial charge in [0.1, 0.15) is 11.6 Å². The quantitative estimate of drug-likeness (QED) is 0.773. The highest BCUT2D eigenvalue weighted by molar-refractivity contribution is 5.85. The monoisotopic (exact) mass is 352 g/mol. The van der Waals surface area contributed by atoms with Gasteiger partial charge in [0.15, 0.2) is 0 Å². The third kappa shape index (κ3) is 4.94. The van der Waals surface area contributed by atoms with Crippen molar-refractivity contribution >= 4 is 18.0 Å². The van der Waals surface area contributed by atoms with Gasteiger partial charge < -0.3 is 24.7 Å². The van der Waals surface area contributed by atoms with Gasteiger partial charge in [0.2, 0.25) is 5.91 Å². The van der Waals surface area contributed by atoms with Crippen LogP contribution in [-0.4, -0.2) is 58.1 Å². The van der Waals surface area contributed by atoms with Crippen LogP contribution in [0.1, 0.15) is 38.6 Å². The molecule has 0 bridgehead atoms. The third-order valence-corrected chi connectivity index (χ3v) is 3.70. The minimum Gasteiger partial charge on any atom is -0.467 e. The van der Waals surface area contributed by atoms with E-state index in [1.807, 2.05) is 0 Å². The summed E-state index contributed by atoms with van der Waals surface area (Å²) in [6, 6.07) is -0.713. The van der Waals surface area contributed by atoms with E-state index < -0.39 is 23.7 Å². The van der Waals surface area contributed by atoms with Crippen molar-refractivity contribution in [2.24, 2.45) is 0 Å². The Morgan fingerprint density at radius 1 is 1.40 bits per heavy atom. The minimum atomic E-state index is -0.713. The fourth-order valence-electron chi connectivity index (χ4n) is 2.57. The van der Waals surface area contributed by atoms with Crippen LogP contribution in [0.4, 0.5) is 4.79 Å². The number of hydrogen-bond acceptors (Lipinski definition) is 6. The van der Waals surface area contributed by atoms with Gasteiger partial charge in [-0.15, -0.1) is 0 Å². The number of alkyl carbamates (subject to hydrolysis) is 1. The fraction of sp³-hybridized carbons (Fsp3) is 0.625. The van der Waals surface area contributed by atoms with E-state index in [2.05, 4.69) is 15.3 Å². The summed E-state index contributed by atoms with van der Waals surface area (Å²) < 4.78 is 9.91. The molecule has 1 aliphatic heterocycles. The smallest absolute Gasteiger partial charge is 0.407 e. The van der Waals surface area contributed by atoms with Gasteiger partial charge in [-0.05, 0) is 20.8 Å². The predicted molar refractivity (Wildman–Crippen MR) is 87.5 cm³/mol. The summed E-state index contributed by atoms with van der Waals surface area (Å²) in [6.07, 6.45) is 1.31. The predicted octanol–water partition coefficient (Wildman–Crippen LogP) is 0.751. The number of H-pyrrole nitrogens is 1. The number of rotatable bonds is 4. The van der Waals surface area contributed by atoms with Gasteiger partial charge in [-0.25, -0.2) is 14.6 Å². The Hall–Kier alpha value is -2.58. The van der Waals surface area contributed by atoms with Crippen LogP contribution in [0.2, 0.25) is 0 Å². The van der Waals surface area contributed by atoms with Gasteiger partial charge >= 0.3 is 12.1 Å². The van der Waals surface area contributed by atoms with Crippen LogP contribution in [0, 0.1) is 0 Å². The number of esters is 1. The summed E-state index contributed by atoms with van der Waals surface area (Å²) in [5, 5.41) is 2.54. The Kier molecular flexibility index (Phi) is 5.66. The van der Waals surface area contributed by atoms with Crippen molar-refractivity contribution in [1.82, 2.24) is 20.2 Å². The van der Waals surface area contributed by atoms with Crippen molar-refractivity contribution in [3.05, 3.63) is 17.7 Å². The number of aromatic amines is 1.